The van der Waals surface area contributed by atoms with Crippen molar-refractivity contribution in [2.24, 2.45) is 5.92 Å². The molecule has 7 nitrogen and oxygen atoms in total. The van der Waals surface area contributed by atoms with Crippen molar-refractivity contribution < 1.29 is 28.8 Å². The number of ether oxygens (including phenoxy) is 4. The van der Waals surface area contributed by atoms with Gasteiger partial charge < -0.3 is 29.2 Å². The average Bonchev–Trinajstić information content (AvgIpc) is 2.52. The third-order valence-corrected chi connectivity index (χ3v) is 3.05. The van der Waals surface area contributed by atoms with Gasteiger partial charge in [0.25, 0.3) is 0 Å². The van der Waals surface area contributed by atoms with Crippen molar-refractivity contribution in [1.82, 2.24) is 5.23 Å². The van der Waals surface area contributed by atoms with Gasteiger partial charge in [0.1, 0.15) is 6.61 Å². The molecule has 1 rings (SSSR count). The highest BCUT2D eigenvalue weighted by Crippen LogP contribution is 2.25. The molecule has 0 fully saturated rings. The van der Waals surface area contributed by atoms with Crippen LogP contribution in [0.1, 0.15) is 6.42 Å². The summed E-state index contributed by atoms with van der Waals surface area (Å²) in [5.74, 6) is 0.500. The number of rotatable bonds is 10. The number of hydrogen-bond donors (Lipinski definition) is 2. The summed E-state index contributed by atoms with van der Waals surface area (Å²) in [7, 11) is 2.35. The van der Waals surface area contributed by atoms with Crippen LogP contribution in [0.5, 0.6) is 0 Å². The maximum Gasteiger partial charge on any atom is 0.373 e. The van der Waals surface area contributed by atoms with Gasteiger partial charge in [0.2, 0.25) is 0 Å². The summed E-state index contributed by atoms with van der Waals surface area (Å²) in [6.45, 7) is 3.52. The lowest BCUT2D eigenvalue weighted by Crippen LogP contribution is -2.33. The van der Waals surface area contributed by atoms with E-state index in [2.05, 4.69) is 5.23 Å². The molecule has 0 amide bonds. The first-order chi connectivity index (χ1) is 10.6. The van der Waals surface area contributed by atoms with Crippen LogP contribution in [0.25, 0.3) is 0 Å². The van der Waals surface area contributed by atoms with Gasteiger partial charge in [-0.2, -0.15) is 0 Å². The third kappa shape index (κ3) is 6.51. The van der Waals surface area contributed by atoms with Crippen LogP contribution in [0, 0.1) is 5.92 Å². The van der Waals surface area contributed by atoms with Crippen molar-refractivity contribution in [3.05, 3.63) is 23.7 Å². The highest BCUT2D eigenvalue weighted by atomic mass is 16.5. The van der Waals surface area contributed by atoms with Crippen LogP contribution in [0.15, 0.2) is 23.7 Å². The molecule has 0 spiro atoms. The van der Waals surface area contributed by atoms with E-state index in [1.165, 1.54) is 14.2 Å². The molecular formula is C14H24BNO6. The van der Waals surface area contributed by atoms with Gasteiger partial charge in [-0.3, -0.25) is 4.79 Å². The molecule has 0 saturated heterocycles. The number of nitrogens with one attached hydrogen (secondary N) is 1. The zero-order chi connectivity index (χ0) is 16.4. The van der Waals surface area contributed by atoms with Crippen molar-refractivity contribution in [2.75, 3.05) is 40.6 Å². The number of esters is 1. The van der Waals surface area contributed by atoms with Crippen LogP contribution in [-0.4, -0.2) is 58.6 Å². The van der Waals surface area contributed by atoms with Gasteiger partial charge in [0, 0.05) is 6.54 Å². The zero-order valence-electron chi connectivity index (χ0n) is 13.3. The Hall–Kier alpha value is -1.51. The van der Waals surface area contributed by atoms with Gasteiger partial charge in [-0.05, 0) is 25.4 Å². The quantitative estimate of drug-likeness (QED) is 0.341. The van der Waals surface area contributed by atoms with E-state index < -0.39 is 7.05 Å². The van der Waals surface area contributed by atoms with Crippen molar-refractivity contribution in [1.29, 1.82) is 0 Å². The average molecular weight is 313 g/mol. The summed E-state index contributed by atoms with van der Waals surface area (Å²) in [5, 5.41) is 11.8. The summed E-state index contributed by atoms with van der Waals surface area (Å²) >= 11 is 0. The van der Waals surface area contributed by atoms with Gasteiger partial charge in [-0.25, -0.2) is 0 Å². The molecular weight excluding hydrogens is 289 g/mol. The fraction of sp³-hybridized carbons (Fsp3) is 0.643. The third-order valence-electron chi connectivity index (χ3n) is 3.05. The molecule has 0 aliphatic heterocycles. The minimum Gasteiger partial charge on any atom is -0.493 e. The first kappa shape index (κ1) is 18.5. The van der Waals surface area contributed by atoms with Crippen molar-refractivity contribution >= 4 is 13.0 Å². The molecule has 0 heterocycles. The molecule has 1 unspecified atom stereocenters. The lowest BCUT2D eigenvalue weighted by atomic mass is 9.89. The smallest absolute Gasteiger partial charge is 0.373 e. The predicted octanol–water partition coefficient (Wildman–Crippen LogP) is 0.327. The first-order valence-corrected chi connectivity index (χ1v) is 7.24. The fourth-order valence-corrected chi connectivity index (χ4v) is 1.93. The van der Waals surface area contributed by atoms with Crippen LogP contribution in [-0.2, 0) is 23.7 Å². The Balaban J connectivity index is 2.27. The molecule has 0 bridgehead atoms. The second-order valence-corrected chi connectivity index (χ2v) is 4.76. The standard InChI is InChI=1S/C14H24BNO6/c1-15(18)16-6-7-21-8-9-22-12-5-4-11(14(17)20-3)10-13(12)19-2/h5,10-11,16,18H,4,6-9H2,1-3H3. The molecule has 124 valence electrons. The topological polar surface area (TPSA) is 86.3 Å². The summed E-state index contributed by atoms with van der Waals surface area (Å²) in [6, 6.07) is 0. The summed E-state index contributed by atoms with van der Waals surface area (Å²) in [6.07, 6.45) is 4.04. The molecule has 0 aromatic carbocycles. The molecule has 1 aliphatic carbocycles. The van der Waals surface area contributed by atoms with E-state index in [0.29, 0.717) is 44.3 Å². The van der Waals surface area contributed by atoms with E-state index in [-0.39, 0.29) is 11.9 Å². The molecule has 8 heteroatoms. The van der Waals surface area contributed by atoms with E-state index in [0.717, 1.165) is 0 Å². The van der Waals surface area contributed by atoms with Crippen LogP contribution in [0.4, 0.5) is 0 Å². The van der Waals surface area contributed by atoms with Gasteiger partial charge in [-0.15, -0.1) is 0 Å². The second kappa shape index (κ2) is 10.3. The Morgan fingerprint density at radius 3 is 2.77 bits per heavy atom. The van der Waals surface area contributed by atoms with Crippen LogP contribution >= 0.6 is 0 Å². The van der Waals surface area contributed by atoms with E-state index in [9.17, 15) is 4.79 Å². The molecule has 0 aromatic heterocycles. The normalized spacial score (nSPS) is 17.4. The van der Waals surface area contributed by atoms with E-state index in [1.54, 1.807) is 12.9 Å². The molecule has 0 saturated carbocycles. The number of methoxy groups -OCH3 is 2. The number of allylic oxidation sites excluding steroid dienone is 1. The minimum absolute atomic E-state index is 0.293. The van der Waals surface area contributed by atoms with Crippen molar-refractivity contribution in [3.63, 3.8) is 0 Å². The Morgan fingerprint density at radius 1 is 1.36 bits per heavy atom. The largest absolute Gasteiger partial charge is 0.493 e. The van der Waals surface area contributed by atoms with E-state index in [1.807, 2.05) is 6.08 Å². The molecule has 2 N–H and O–H groups in total. The van der Waals surface area contributed by atoms with Crippen LogP contribution < -0.4 is 5.23 Å². The van der Waals surface area contributed by atoms with Gasteiger partial charge in [-0.1, -0.05) is 0 Å². The molecule has 0 aromatic rings. The summed E-state index contributed by atoms with van der Waals surface area (Å²) in [4.78, 5) is 11.5. The SMILES string of the molecule is COC(=O)C1C=C(OC)C(OCCOCCNB(C)O)=CC1. The second-order valence-electron chi connectivity index (χ2n) is 4.76. The van der Waals surface area contributed by atoms with Crippen LogP contribution in [0.3, 0.4) is 0 Å². The number of carbonyl (C=O) groups excluding carboxylic acids is 1. The lowest BCUT2D eigenvalue weighted by molar-refractivity contribution is -0.143. The number of carbonyl (C=O) groups is 1. The zero-order valence-corrected chi connectivity index (χ0v) is 13.3. The van der Waals surface area contributed by atoms with Crippen LogP contribution in [0.2, 0.25) is 6.82 Å². The maximum atomic E-state index is 11.5. The highest BCUT2D eigenvalue weighted by molar-refractivity contribution is 6.45. The maximum absolute atomic E-state index is 11.5. The molecule has 22 heavy (non-hydrogen) atoms. The molecule has 0 radical (unpaired) electrons. The lowest BCUT2D eigenvalue weighted by Gasteiger charge is -2.20. The molecule has 1 aliphatic rings. The Kier molecular flexibility index (Phi) is 8.65. The minimum atomic E-state index is -0.538. The monoisotopic (exact) mass is 313 g/mol. The Morgan fingerprint density at radius 2 is 2.14 bits per heavy atom. The van der Waals surface area contributed by atoms with Gasteiger partial charge in [0.15, 0.2) is 11.5 Å². The fourth-order valence-electron chi connectivity index (χ4n) is 1.93. The molecule has 1 atom stereocenters. The summed E-state index contributed by atoms with van der Waals surface area (Å²) < 4.78 is 20.9. The number of hydrogen-bond acceptors (Lipinski definition) is 7. The summed E-state index contributed by atoms with van der Waals surface area (Å²) in [5.41, 5.74) is 0. The van der Waals surface area contributed by atoms with Crippen molar-refractivity contribution in [3.8, 4) is 0 Å². The highest BCUT2D eigenvalue weighted by Gasteiger charge is 2.23. The van der Waals surface area contributed by atoms with Gasteiger partial charge in [0.05, 0.1) is 33.4 Å². The predicted molar refractivity (Wildman–Crippen MR) is 81.9 cm³/mol. The first-order valence-electron chi connectivity index (χ1n) is 7.24. The Bertz CT molecular complexity index is 410. The van der Waals surface area contributed by atoms with Crippen molar-refractivity contribution in [2.45, 2.75) is 13.2 Å². The van der Waals surface area contributed by atoms with E-state index >= 15 is 0 Å². The van der Waals surface area contributed by atoms with E-state index in [4.69, 9.17) is 24.0 Å². The van der Waals surface area contributed by atoms with Gasteiger partial charge >= 0.3 is 13.0 Å². The Labute approximate surface area is 131 Å².